The van der Waals surface area contributed by atoms with E-state index in [2.05, 4.69) is 42.4 Å². The first kappa shape index (κ1) is 22.5. The summed E-state index contributed by atoms with van der Waals surface area (Å²) in [5, 5.41) is 4.58. The molecule has 0 fully saturated rings. The highest BCUT2D eigenvalue weighted by atomic mass is 79.9. The molecular weight excluding hydrogens is 559 g/mol. The first-order valence-corrected chi connectivity index (χ1v) is 10.7. The molecule has 0 radical (unpaired) electrons. The minimum Gasteiger partial charge on any atom is -0.421 e. The zero-order chi connectivity index (χ0) is 21.7. The zero-order valence-electron chi connectivity index (χ0n) is 15.0. The summed E-state index contributed by atoms with van der Waals surface area (Å²) in [7, 11) is 0. The molecule has 0 aliphatic carbocycles. The van der Waals surface area contributed by atoms with Crippen LogP contribution in [0.2, 0.25) is 10.0 Å². The second-order valence-corrected chi connectivity index (χ2v) is 8.50. The summed E-state index contributed by atoms with van der Waals surface area (Å²) >= 11 is 18.6. The number of amides is 1. The lowest BCUT2D eigenvalue weighted by atomic mass is 10.2. The lowest BCUT2D eigenvalue weighted by Gasteiger charge is -2.10. The average Bonchev–Trinajstić information content (AvgIpc) is 2.70. The van der Waals surface area contributed by atoms with E-state index in [4.69, 9.17) is 27.9 Å². The largest absolute Gasteiger partial charge is 0.421 e. The van der Waals surface area contributed by atoms with Crippen LogP contribution in [0.25, 0.3) is 0 Å². The number of ether oxygens (including phenoxy) is 1. The van der Waals surface area contributed by atoms with Crippen molar-refractivity contribution >= 4 is 73.2 Å². The third-order valence-electron chi connectivity index (χ3n) is 3.79. The Morgan fingerprint density at radius 1 is 1.00 bits per heavy atom. The van der Waals surface area contributed by atoms with Gasteiger partial charge in [-0.1, -0.05) is 57.3 Å². The standard InChI is InChI=1S/C21H12Br2Cl2N2O3/c22-14-8-13(11-26-27-20(28)16-7-6-15(24)10-18(16)25)19(17(23)9-14)30-21(29)12-4-2-1-3-5-12/h1-11H,(H,27,28). The molecule has 3 aromatic rings. The molecule has 0 bridgehead atoms. The maximum absolute atomic E-state index is 12.4. The van der Waals surface area contributed by atoms with Gasteiger partial charge in [0.15, 0.2) is 5.75 Å². The molecule has 30 heavy (non-hydrogen) atoms. The Kier molecular flexibility index (Phi) is 7.66. The highest BCUT2D eigenvalue weighted by Gasteiger charge is 2.15. The fourth-order valence-corrected chi connectivity index (χ4v) is 4.24. The molecule has 0 spiro atoms. The van der Waals surface area contributed by atoms with Crippen LogP contribution in [0.5, 0.6) is 5.75 Å². The molecule has 3 rings (SSSR count). The van der Waals surface area contributed by atoms with Gasteiger partial charge in [0.25, 0.3) is 5.91 Å². The molecule has 1 N–H and O–H groups in total. The number of benzene rings is 3. The Morgan fingerprint density at radius 2 is 1.73 bits per heavy atom. The van der Waals surface area contributed by atoms with E-state index in [9.17, 15) is 9.59 Å². The predicted octanol–water partition coefficient (Wildman–Crippen LogP) is 6.50. The average molecular weight is 571 g/mol. The first-order chi connectivity index (χ1) is 14.3. The minimum absolute atomic E-state index is 0.206. The van der Waals surface area contributed by atoms with Crippen molar-refractivity contribution < 1.29 is 14.3 Å². The van der Waals surface area contributed by atoms with Gasteiger partial charge >= 0.3 is 5.97 Å². The molecule has 0 unspecified atom stereocenters. The topological polar surface area (TPSA) is 67.8 Å². The molecule has 0 heterocycles. The maximum Gasteiger partial charge on any atom is 0.343 e. The monoisotopic (exact) mass is 568 g/mol. The zero-order valence-corrected chi connectivity index (χ0v) is 19.7. The Balaban J connectivity index is 1.81. The van der Waals surface area contributed by atoms with Crippen molar-refractivity contribution in [3.63, 3.8) is 0 Å². The number of hydrogen-bond donors (Lipinski definition) is 1. The highest BCUT2D eigenvalue weighted by molar-refractivity contribution is 9.11. The molecule has 3 aromatic carbocycles. The SMILES string of the molecule is O=C(Oc1c(Br)cc(Br)cc1C=NNC(=O)c1ccc(Cl)cc1Cl)c1ccccc1. The molecule has 1 amide bonds. The van der Waals surface area contributed by atoms with Crippen molar-refractivity contribution in [2.45, 2.75) is 0 Å². The second-order valence-electron chi connectivity index (χ2n) is 5.88. The maximum atomic E-state index is 12.4. The van der Waals surface area contributed by atoms with Crippen LogP contribution in [0, 0.1) is 0 Å². The number of hydrogen-bond acceptors (Lipinski definition) is 4. The number of rotatable bonds is 5. The van der Waals surface area contributed by atoms with Crippen LogP contribution in [0.3, 0.4) is 0 Å². The van der Waals surface area contributed by atoms with Gasteiger partial charge in [-0.15, -0.1) is 0 Å². The number of nitrogens with one attached hydrogen (secondary N) is 1. The van der Waals surface area contributed by atoms with Gasteiger partial charge in [0.05, 0.1) is 26.8 Å². The van der Waals surface area contributed by atoms with Crippen LogP contribution in [-0.4, -0.2) is 18.1 Å². The Bertz CT molecular complexity index is 1140. The van der Waals surface area contributed by atoms with Crippen LogP contribution >= 0.6 is 55.1 Å². The van der Waals surface area contributed by atoms with Crippen LogP contribution in [0.15, 0.2) is 74.7 Å². The number of esters is 1. The number of carbonyl (C=O) groups is 2. The molecule has 9 heteroatoms. The lowest BCUT2D eigenvalue weighted by molar-refractivity contribution is 0.0733. The van der Waals surface area contributed by atoms with Crippen LogP contribution in [-0.2, 0) is 0 Å². The van der Waals surface area contributed by atoms with Crippen LogP contribution in [0.4, 0.5) is 0 Å². The van der Waals surface area contributed by atoms with Crippen LogP contribution in [0.1, 0.15) is 26.3 Å². The minimum atomic E-state index is -0.523. The molecule has 0 aliphatic rings. The summed E-state index contributed by atoms with van der Waals surface area (Å²) in [4.78, 5) is 24.7. The number of halogens is 4. The molecule has 152 valence electrons. The third kappa shape index (κ3) is 5.70. The van der Waals surface area contributed by atoms with Gasteiger partial charge in [-0.05, 0) is 58.4 Å². The summed E-state index contributed by atoms with van der Waals surface area (Å²) in [6, 6.07) is 16.5. The van der Waals surface area contributed by atoms with E-state index < -0.39 is 11.9 Å². The van der Waals surface area contributed by atoms with Gasteiger partial charge < -0.3 is 4.74 Å². The fraction of sp³-hybridized carbons (Fsp3) is 0. The van der Waals surface area contributed by atoms with E-state index in [1.54, 1.807) is 48.5 Å². The van der Waals surface area contributed by atoms with E-state index in [1.807, 2.05) is 0 Å². The molecule has 0 saturated carbocycles. The van der Waals surface area contributed by atoms with Crippen molar-refractivity contribution in [1.29, 1.82) is 0 Å². The van der Waals surface area contributed by atoms with Crippen LogP contribution < -0.4 is 10.2 Å². The molecule has 5 nitrogen and oxygen atoms in total. The summed E-state index contributed by atoms with van der Waals surface area (Å²) in [6.45, 7) is 0. The molecular formula is C21H12Br2Cl2N2O3. The normalized spacial score (nSPS) is 10.8. The summed E-state index contributed by atoms with van der Waals surface area (Å²) in [5.41, 5.74) is 3.48. The molecule has 0 aromatic heterocycles. The molecule has 0 aliphatic heterocycles. The van der Waals surface area contributed by atoms with Crippen molar-refractivity contribution in [2.24, 2.45) is 5.10 Å². The smallest absolute Gasteiger partial charge is 0.343 e. The number of hydrazone groups is 1. The summed E-state index contributed by atoms with van der Waals surface area (Å²) in [5.74, 6) is -0.773. The van der Waals surface area contributed by atoms with E-state index in [-0.39, 0.29) is 16.3 Å². The Hall–Kier alpha value is -2.19. The van der Waals surface area contributed by atoms with Gasteiger partial charge in [-0.25, -0.2) is 10.2 Å². The second kappa shape index (κ2) is 10.2. The van der Waals surface area contributed by atoms with Gasteiger partial charge in [-0.3, -0.25) is 4.79 Å². The van der Waals surface area contributed by atoms with Crippen molar-refractivity contribution in [2.75, 3.05) is 0 Å². The predicted molar refractivity (Wildman–Crippen MR) is 125 cm³/mol. The van der Waals surface area contributed by atoms with Gasteiger partial charge in [0.1, 0.15) is 0 Å². The van der Waals surface area contributed by atoms with Gasteiger partial charge in [-0.2, -0.15) is 5.10 Å². The number of carbonyl (C=O) groups excluding carboxylic acids is 2. The van der Waals surface area contributed by atoms with E-state index in [0.717, 1.165) is 4.47 Å². The van der Waals surface area contributed by atoms with Gasteiger partial charge in [0.2, 0.25) is 0 Å². The Labute approximate surface area is 199 Å². The number of nitrogens with zero attached hydrogens (tertiary/aromatic N) is 1. The molecule has 0 saturated heterocycles. The highest BCUT2D eigenvalue weighted by Crippen LogP contribution is 2.32. The van der Waals surface area contributed by atoms with Crippen molar-refractivity contribution in [3.8, 4) is 5.75 Å². The van der Waals surface area contributed by atoms with E-state index >= 15 is 0 Å². The van der Waals surface area contributed by atoms with E-state index in [0.29, 0.717) is 20.6 Å². The molecule has 0 atom stereocenters. The first-order valence-electron chi connectivity index (χ1n) is 8.40. The van der Waals surface area contributed by atoms with E-state index in [1.165, 1.54) is 18.3 Å². The van der Waals surface area contributed by atoms with Gasteiger partial charge in [0, 0.05) is 15.1 Å². The quantitative estimate of drug-likeness (QED) is 0.165. The van der Waals surface area contributed by atoms with Crippen molar-refractivity contribution in [3.05, 3.63) is 96.3 Å². The van der Waals surface area contributed by atoms with Crippen molar-refractivity contribution in [1.82, 2.24) is 5.43 Å². The summed E-state index contributed by atoms with van der Waals surface area (Å²) in [6.07, 6.45) is 1.37. The lowest BCUT2D eigenvalue weighted by Crippen LogP contribution is -2.18. The Morgan fingerprint density at radius 3 is 2.43 bits per heavy atom. The fourth-order valence-electron chi connectivity index (χ4n) is 2.40. The summed E-state index contributed by atoms with van der Waals surface area (Å²) < 4.78 is 6.81. The third-order valence-corrected chi connectivity index (χ3v) is 5.38.